The van der Waals surface area contributed by atoms with Gasteiger partial charge in [-0.05, 0) is 63.4 Å². The second-order valence-corrected chi connectivity index (χ2v) is 19.4. The molecule has 376 valence electrons. The number of carbonyl (C=O) groups is 2. The largest absolute Gasteiger partial charge is 0.481 e. The third-order valence-electron chi connectivity index (χ3n) is 10.1. The molecule has 1 saturated heterocycles. The van der Waals surface area contributed by atoms with E-state index >= 15 is 0 Å². The molecule has 22 heteroatoms. The molecule has 20 nitrogen and oxygen atoms in total. The highest BCUT2D eigenvalue weighted by atomic mass is 31.3. The van der Waals surface area contributed by atoms with Crippen LogP contribution in [0.4, 0.5) is 5.82 Å². The lowest BCUT2D eigenvalue weighted by atomic mass is 10.0. The van der Waals surface area contributed by atoms with E-state index in [1.807, 2.05) is 18.2 Å². The molecule has 1 fully saturated rings. The monoisotopic (exact) mass is 977 g/mol. The van der Waals surface area contributed by atoms with Gasteiger partial charge in [-0.15, -0.1) is 0 Å². The summed E-state index contributed by atoms with van der Waals surface area (Å²) in [7, 11) is -10.9. The van der Waals surface area contributed by atoms with Crippen molar-refractivity contribution in [3.05, 3.63) is 71.4 Å². The third-order valence-corrected chi connectivity index (χ3v) is 12.7. The molecular weight excluding hydrogens is 904 g/mol. The molecule has 1 aromatic heterocycles. The summed E-state index contributed by atoms with van der Waals surface area (Å²) in [6.07, 6.45) is 17.2. The van der Waals surface area contributed by atoms with Crippen LogP contribution >= 0.6 is 15.6 Å². The maximum absolute atomic E-state index is 12.8. The Balaban J connectivity index is 1.88. The van der Waals surface area contributed by atoms with Gasteiger partial charge in [-0.25, -0.2) is 13.9 Å². The minimum Gasteiger partial charge on any atom is -0.462 e. The number of esters is 2. The number of rotatable bonds is 35. The Labute approximate surface area is 387 Å². The van der Waals surface area contributed by atoms with Crippen molar-refractivity contribution in [1.29, 1.82) is 0 Å². The van der Waals surface area contributed by atoms with Crippen molar-refractivity contribution in [3.63, 3.8) is 0 Å². The number of hydrogen-bond acceptors (Lipinski definition) is 17. The van der Waals surface area contributed by atoms with Crippen molar-refractivity contribution in [2.75, 3.05) is 25.6 Å². The number of anilines is 1. The van der Waals surface area contributed by atoms with Crippen LogP contribution < -0.4 is 11.4 Å². The van der Waals surface area contributed by atoms with Gasteiger partial charge < -0.3 is 50.2 Å². The van der Waals surface area contributed by atoms with Crippen LogP contribution in [0.3, 0.4) is 0 Å². The number of aliphatic hydroxyl groups is 4. The summed E-state index contributed by atoms with van der Waals surface area (Å²) in [6.45, 7) is 3.87. The van der Waals surface area contributed by atoms with Gasteiger partial charge in [0.1, 0.15) is 30.7 Å². The topological polar surface area (TPSA) is 306 Å². The molecule has 0 radical (unpaired) electrons. The molecule has 2 heterocycles. The van der Waals surface area contributed by atoms with E-state index in [9.17, 15) is 53.7 Å². The van der Waals surface area contributed by atoms with E-state index in [-0.39, 0.29) is 37.9 Å². The molecule has 1 aliphatic rings. The van der Waals surface area contributed by atoms with Crippen LogP contribution in [0.25, 0.3) is 0 Å². The first kappa shape index (κ1) is 58.8. The summed E-state index contributed by atoms with van der Waals surface area (Å²) in [5.41, 5.74) is 4.55. The Hall–Kier alpha value is -3.36. The first-order valence-corrected chi connectivity index (χ1v) is 25.7. The number of nitrogen functional groups attached to an aromatic ring is 1. The Morgan fingerprint density at radius 3 is 2.03 bits per heavy atom. The highest BCUT2D eigenvalue weighted by Gasteiger charge is 2.46. The number of phosphoric acid groups is 2. The summed E-state index contributed by atoms with van der Waals surface area (Å²) in [4.78, 5) is 61.6. The number of hydrogen-bond donors (Lipinski definition) is 7. The van der Waals surface area contributed by atoms with E-state index in [0.29, 0.717) is 18.8 Å². The molecule has 1 aliphatic heterocycles. The molecule has 0 aliphatic carbocycles. The molecule has 9 atom stereocenters. The second kappa shape index (κ2) is 32.4. The predicted molar refractivity (Wildman–Crippen MR) is 245 cm³/mol. The molecule has 2 unspecified atom stereocenters. The van der Waals surface area contributed by atoms with Crippen LogP contribution in [0, 0.1) is 5.92 Å². The van der Waals surface area contributed by atoms with Gasteiger partial charge in [0, 0.05) is 19.0 Å². The van der Waals surface area contributed by atoms with E-state index in [4.69, 9.17) is 29.0 Å². The van der Waals surface area contributed by atoms with Crippen molar-refractivity contribution in [1.82, 2.24) is 9.55 Å². The van der Waals surface area contributed by atoms with Crippen molar-refractivity contribution in [2.45, 2.75) is 166 Å². The van der Waals surface area contributed by atoms with E-state index in [0.717, 1.165) is 68.6 Å². The first-order valence-electron chi connectivity index (χ1n) is 22.7. The fraction of sp³-hybridized carbons (Fsp3) is 0.682. The second-order valence-electron chi connectivity index (χ2n) is 16.3. The number of aliphatic hydroxyl groups excluding tert-OH is 4. The maximum atomic E-state index is 12.8. The zero-order valence-corrected chi connectivity index (χ0v) is 40.2. The van der Waals surface area contributed by atoms with Crippen molar-refractivity contribution >= 4 is 33.4 Å². The van der Waals surface area contributed by atoms with Crippen molar-refractivity contribution < 1.29 is 76.5 Å². The van der Waals surface area contributed by atoms with Gasteiger partial charge in [0.25, 0.3) is 0 Å². The van der Waals surface area contributed by atoms with Gasteiger partial charge in [0.15, 0.2) is 12.3 Å². The van der Waals surface area contributed by atoms with Crippen molar-refractivity contribution in [3.8, 4) is 0 Å². The smallest absolute Gasteiger partial charge is 0.462 e. The van der Waals surface area contributed by atoms with Gasteiger partial charge in [-0.1, -0.05) is 108 Å². The average Bonchev–Trinajstić information content (AvgIpc) is 3.53. The van der Waals surface area contributed by atoms with Gasteiger partial charge in [-0.2, -0.15) is 9.29 Å². The Morgan fingerprint density at radius 1 is 0.803 bits per heavy atom. The lowest BCUT2D eigenvalue weighted by Crippen LogP contribution is -2.36. The van der Waals surface area contributed by atoms with E-state index in [1.165, 1.54) is 6.07 Å². The summed E-state index contributed by atoms with van der Waals surface area (Å²) < 4.78 is 56.3. The number of allylic oxidation sites excluding steroid dienone is 7. The quantitative estimate of drug-likeness (QED) is 0.0177. The zero-order chi connectivity index (χ0) is 49.0. The number of aromatic nitrogens is 2. The molecule has 0 aromatic carbocycles. The van der Waals surface area contributed by atoms with Gasteiger partial charge >= 0.3 is 33.3 Å². The van der Waals surface area contributed by atoms with Crippen molar-refractivity contribution in [2.24, 2.45) is 5.92 Å². The lowest BCUT2D eigenvalue weighted by Gasteiger charge is -2.21. The predicted octanol–water partition coefficient (Wildman–Crippen LogP) is 6.01. The zero-order valence-electron chi connectivity index (χ0n) is 38.4. The molecule has 66 heavy (non-hydrogen) atoms. The Kier molecular flexibility index (Phi) is 28.8. The maximum Gasteiger partial charge on any atom is 0.481 e. The molecular formula is C44H73N3O17P2. The normalized spacial score (nSPS) is 21.2. The Morgan fingerprint density at radius 2 is 1.39 bits per heavy atom. The van der Waals surface area contributed by atoms with Crippen LogP contribution in [0.2, 0.25) is 0 Å². The van der Waals surface area contributed by atoms with Gasteiger partial charge in [0.2, 0.25) is 0 Å². The summed E-state index contributed by atoms with van der Waals surface area (Å²) in [6, 6.07) is 1.23. The fourth-order valence-corrected chi connectivity index (χ4v) is 8.52. The minimum atomic E-state index is -5.48. The van der Waals surface area contributed by atoms with E-state index in [1.54, 1.807) is 6.08 Å². The molecule has 0 amide bonds. The highest BCUT2D eigenvalue weighted by molar-refractivity contribution is 7.61. The molecule has 0 spiro atoms. The lowest BCUT2D eigenvalue weighted by molar-refractivity contribution is -0.161. The van der Waals surface area contributed by atoms with Crippen LogP contribution in [0.1, 0.15) is 130 Å². The minimum absolute atomic E-state index is 0.0152. The number of unbranched alkanes of at least 4 members (excludes halogenated alkanes) is 5. The van der Waals surface area contributed by atoms with Gasteiger partial charge in [0.05, 0.1) is 25.4 Å². The number of carbonyl (C=O) groups excluding carboxylic acids is 2. The van der Waals surface area contributed by atoms with Crippen LogP contribution in [-0.2, 0) is 46.3 Å². The number of nitrogens with zero attached hydrogens (tertiary/aromatic N) is 2. The third kappa shape index (κ3) is 25.7. The van der Waals surface area contributed by atoms with E-state index in [2.05, 4.69) is 54.4 Å². The SMILES string of the molecule is CC/C=C\C/C=C\C/C=C\C/C=C\C[C@H](O)[C@@H](O)CCCC(=O)OC[C@H](COP(=O)(O)OP(=O)(O)OC[C@H]1O[C@@H](n2ccc(N)nc2=O)[C@H](O)[C@@H]1O)OC(=O)CCCCCCCCC(C)C. The molecule has 8 N–H and O–H groups in total. The summed E-state index contributed by atoms with van der Waals surface area (Å²) >= 11 is 0. The van der Waals surface area contributed by atoms with Gasteiger partial charge in [-0.3, -0.25) is 23.2 Å². The summed E-state index contributed by atoms with van der Waals surface area (Å²) in [5, 5.41) is 41.6. The molecule has 2 rings (SSSR count). The number of ether oxygens (including phenoxy) is 3. The number of phosphoric ester groups is 2. The van der Waals surface area contributed by atoms with Crippen LogP contribution in [0.15, 0.2) is 65.7 Å². The number of nitrogens with two attached hydrogens (primary N) is 1. The average molecular weight is 978 g/mol. The molecule has 0 saturated carbocycles. The fourth-order valence-electron chi connectivity index (χ4n) is 6.41. The van der Waals surface area contributed by atoms with Crippen LogP contribution in [-0.4, -0.2) is 108 Å². The first-order chi connectivity index (χ1) is 31.3. The highest BCUT2D eigenvalue weighted by Crippen LogP contribution is 2.60. The molecule has 1 aromatic rings. The Bertz CT molecular complexity index is 1840. The standard InChI is InChI=1S/C44H73N3O17P2/c1-4-5-6-7-8-9-10-11-12-13-17-20-24-35(48)36(49)25-22-27-39(50)59-30-34(62-40(51)26-21-18-15-14-16-19-23-33(2)3)31-60-65(55,56)64-66(57,58)61-32-37-41(52)42(53)43(63-37)47-29-28-38(45)46-44(47)54/h5-6,8-9,11-12,17,20,28-29,33-37,41-43,48-49,52-53H,4,7,10,13-16,18-19,21-27,30-32H2,1-3H3,(H,55,56)(H,57,58)(H2,45,46,54)/b6-5-,9-8-,12-11-,20-17-/t34-,35+,36+,37-,41-,42-,43-/m1/s1. The molecule has 0 bridgehead atoms. The van der Waals surface area contributed by atoms with E-state index < -0.39 is 95.9 Å². The summed E-state index contributed by atoms with van der Waals surface area (Å²) in [5.74, 6) is -0.976. The van der Waals surface area contributed by atoms with Crippen LogP contribution in [0.5, 0.6) is 0 Å².